The Labute approximate surface area is 63.8 Å². The smallest absolute Gasteiger partial charge is 0.0720 e. The summed E-state index contributed by atoms with van der Waals surface area (Å²) in [6, 6.07) is 0. The number of allylic oxidation sites excluding steroid dienone is 1. The first kappa shape index (κ1) is 9.70. The third kappa shape index (κ3) is 5.83. The Balaban J connectivity index is 3.24. The van der Waals surface area contributed by atoms with E-state index in [9.17, 15) is 5.11 Å². The van der Waals surface area contributed by atoms with Gasteiger partial charge >= 0.3 is 0 Å². The van der Waals surface area contributed by atoms with Crippen molar-refractivity contribution in [1.82, 2.24) is 0 Å². The molecule has 0 aliphatic carbocycles. The van der Waals surface area contributed by atoms with Crippen molar-refractivity contribution < 1.29 is 5.11 Å². The predicted molar refractivity (Wildman–Crippen MR) is 45.0 cm³/mol. The highest BCUT2D eigenvalue weighted by Gasteiger charge is 1.95. The second kappa shape index (κ2) is 6.81. The van der Waals surface area contributed by atoms with Crippen molar-refractivity contribution in [3.05, 3.63) is 12.2 Å². The Morgan fingerprint density at radius 3 is 2.60 bits per heavy atom. The molecule has 0 fully saturated rings. The summed E-state index contributed by atoms with van der Waals surface area (Å²) in [5.41, 5.74) is 0. The molecule has 0 rings (SSSR count). The largest absolute Gasteiger partial charge is 0.389 e. The molecule has 0 bridgehead atoms. The van der Waals surface area contributed by atoms with Crippen LogP contribution in [0.4, 0.5) is 0 Å². The maximum atomic E-state index is 9.22. The molecule has 0 aliphatic rings. The maximum Gasteiger partial charge on any atom is 0.0720 e. The normalized spacial score (nSPS) is 14.3. The third-order valence-electron chi connectivity index (χ3n) is 1.45. The van der Waals surface area contributed by atoms with Gasteiger partial charge in [-0.1, -0.05) is 38.8 Å². The average molecular weight is 142 g/mol. The van der Waals surface area contributed by atoms with Crippen LogP contribution in [-0.4, -0.2) is 11.2 Å². The first-order valence-corrected chi connectivity index (χ1v) is 4.16. The number of aliphatic hydroxyl groups is 1. The molecule has 1 atom stereocenters. The Bertz CT molecular complexity index is 86.7. The van der Waals surface area contributed by atoms with Gasteiger partial charge < -0.3 is 5.11 Å². The molecule has 10 heavy (non-hydrogen) atoms. The summed E-state index contributed by atoms with van der Waals surface area (Å²) in [7, 11) is 0. The van der Waals surface area contributed by atoms with Gasteiger partial charge in [0, 0.05) is 0 Å². The van der Waals surface area contributed by atoms with Gasteiger partial charge in [-0.2, -0.15) is 0 Å². The van der Waals surface area contributed by atoms with E-state index in [0.29, 0.717) is 0 Å². The molecular formula is C9H18O. The van der Waals surface area contributed by atoms with Gasteiger partial charge in [0.25, 0.3) is 0 Å². The van der Waals surface area contributed by atoms with Gasteiger partial charge in [-0.3, -0.25) is 0 Å². The van der Waals surface area contributed by atoms with Crippen LogP contribution < -0.4 is 0 Å². The minimum Gasteiger partial charge on any atom is -0.389 e. The fourth-order valence-electron chi connectivity index (χ4n) is 0.803. The number of hydrogen-bond acceptors (Lipinski definition) is 1. The summed E-state index contributed by atoms with van der Waals surface area (Å²) in [6.45, 7) is 4.21. The van der Waals surface area contributed by atoms with Crippen molar-refractivity contribution in [3.63, 3.8) is 0 Å². The maximum absolute atomic E-state index is 9.22. The van der Waals surface area contributed by atoms with Gasteiger partial charge in [0.15, 0.2) is 0 Å². The zero-order valence-electron chi connectivity index (χ0n) is 7.01. The van der Waals surface area contributed by atoms with E-state index in [1.165, 1.54) is 0 Å². The highest BCUT2D eigenvalue weighted by atomic mass is 16.3. The SMILES string of the molecule is CCC=CC(O)CCCC. The van der Waals surface area contributed by atoms with Crippen molar-refractivity contribution in [3.8, 4) is 0 Å². The molecule has 1 heteroatoms. The summed E-state index contributed by atoms with van der Waals surface area (Å²) < 4.78 is 0. The van der Waals surface area contributed by atoms with E-state index >= 15 is 0 Å². The minimum atomic E-state index is -0.208. The molecule has 0 saturated carbocycles. The predicted octanol–water partition coefficient (Wildman–Crippen LogP) is 2.50. The summed E-state index contributed by atoms with van der Waals surface area (Å²) in [5.74, 6) is 0. The summed E-state index contributed by atoms with van der Waals surface area (Å²) in [4.78, 5) is 0. The lowest BCUT2D eigenvalue weighted by atomic mass is 10.1. The first-order chi connectivity index (χ1) is 4.81. The van der Waals surface area contributed by atoms with Crippen LogP contribution >= 0.6 is 0 Å². The Morgan fingerprint density at radius 2 is 2.10 bits per heavy atom. The molecule has 1 N–H and O–H groups in total. The van der Waals surface area contributed by atoms with E-state index in [1.54, 1.807) is 0 Å². The van der Waals surface area contributed by atoms with E-state index < -0.39 is 0 Å². The zero-order chi connectivity index (χ0) is 7.82. The quantitative estimate of drug-likeness (QED) is 0.585. The van der Waals surface area contributed by atoms with Gasteiger partial charge in [0.2, 0.25) is 0 Å². The Morgan fingerprint density at radius 1 is 1.40 bits per heavy atom. The zero-order valence-corrected chi connectivity index (χ0v) is 7.01. The van der Waals surface area contributed by atoms with Crippen LogP contribution in [0, 0.1) is 0 Å². The summed E-state index contributed by atoms with van der Waals surface area (Å²) >= 11 is 0. The molecule has 0 aromatic carbocycles. The van der Waals surface area contributed by atoms with Gasteiger partial charge in [-0.15, -0.1) is 0 Å². The van der Waals surface area contributed by atoms with E-state index in [4.69, 9.17) is 0 Å². The van der Waals surface area contributed by atoms with Gasteiger partial charge in [-0.05, 0) is 12.8 Å². The molecule has 60 valence electrons. The van der Waals surface area contributed by atoms with E-state index in [1.807, 2.05) is 12.2 Å². The molecule has 1 nitrogen and oxygen atoms in total. The molecule has 0 spiro atoms. The number of rotatable bonds is 5. The highest BCUT2D eigenvalue weighted by molar-refractivity contribution is 4.87. The topological polar surface area (TPSA) is 20.2 Å². The number of unbranched alkanes of at least 4 members (excludes halogenated alkanes) is 1. The molecule has 1 unspecified atom stereocenters. The molecule has 0 heterocycles. The second-order valence-electron chi connectivity index (χ2n) is 2.55. The lowest BCUT2D eigenvalue weighted by molar-refractivity contribution is 0.209. The fourth-order valence-corrected chi connectivity index (χ4v) is 0.803. The van der Waals surface area contributed by atoms with E-state index in [0.717, 1.165) is 25.7 Å². The van der Waals surface area contributed by atoms with Crippen molar-refractivity contribution in [1.29, 1.82) is 0 Å². The van der Waals surface area contributed by atoms with Gasteiger partial charge in [-0.25, -0.2) is 0 Å². The average Bonchev–Trinajstić information content (AvgIpc) is 1.97. The lowest BCUT2D eigenvalue weighted by Crippen LogP contribution is -2.00. The van der Waals surface area contributed by atoms with Crippen LogP contribution in [0.25, 0.3) is 0 Å². The molecule has 0 radical (unpaired) electrons. The van der Waals surface area contributed by atoms with Crippen LogP contribution in [0.1, 0.15) is 39.5 Å². The van der Waals surface area contributed by atoms with Crippen molar-refractivity contribution >= 4 is 0 Å². The first-order valence-electron chi connectivity index (χ1n) is 4.16. The minimum absolute atomic E-state index is 0.208. The molecule has 0 aromatic heterocycles. The van der Waals surface area contributed by atoms with E-state index in [2.05, 4.69) is 13.8 Å². The van der Waals surface area contributed by atoms with Gasteiger partial charge in [0.1, 0.15) is 0 Å². The Hall–Kier alpha value is -0.300. The van der Waals surface area contributed by atoms with Gasteiger partial charge in [0.05, 0.1) is 6.10 Å². The second-order valence-corrected chi connectivity index (χ2v) is 2.55. The van der Waals surface area contributed by atoms with Crippen LogP contribution in [0.5, 0.6) is 0 Å². The molecular weight excluding hydrogens is 124 g/mol. The number of aliphatic hydroxyl groups excluding tert-OH is 1. The molecule has 0 amide bonds. The van der Waals surface area contributed by atoms with Crippen molar-refractivity contribution in [2.24, 2.45) is 0 Å². The number of hydrogen-bond donors (Lipinski definition) is 1. The highest BCUT2D eigenvalue weighted by Crippen LogP contribution is 2.01. The van der Waals surface area contributed by atoms with Crippen molar-refractivity contribution in [2.45, 2.75) is 45.6 Å². The standard InChI is InChI=1S/C9H18O/c1-3-5-7-9(10)8-6-4-2/h5,7,9-10H,3-4,6,8H2,1-2H3. The van der Waals surface area contributed by atoms with Crippen LogP contribution in [0.2, 0.25) is 0 Å². The Kier molecular flexibility index (Phi) is 6.61. The molecule has 0 aromatic rings. The van der Waals surface area contributed by atoms with Crippen LogP contribution in [0.15, 0.2) is 12.2 Å². The monoisotopic (exact) mass is 142 g/mol. The van der Waals surface area contributed by atoms with E-state index in [-0.39, 0.29) is 6.10 Å². The third-order valence-corrected chi connectivity index (χ3v) is 1.45. The molecule has 0 aliphatic heterocycles. The van der Waals surface area contributed by atoms with Crippen LogP contribution in [0.3, 0.4) is 0 Å². The lowest BCUT2D eigenvalue weighted by Gasteiger charge is -2.01. The van der Waals surface area contributed by atoms with Crippen molar-refractivity contribution in [2.75, 3.05) is 0 Å². The summed E-state index contributed by atoms with van der Waals surface area (Å²) in [5, 5.41) is 9.22. The summed E-state index contributed by atoms with van der Waals surface area (Å²) in [6.07, 6.45) is 7.90. The molecule has 0 saturated heterocycles. The fraction of sp³-hybridized carbons (Fsp3) is 0.778. The van der Waals surface area contributed by atoms with Crippen LogP contribution in [-0.2, 0) is 0 Å².